The van der Waals surface area contributed by atoms with Gasteiger partial charge >= 0.3 is 11.9 Å². The molecule has 1 aromatic rings. The fraction of sp³-hybridized carbons (Fsp3) is 0.333. The van der Waals surface area contributed by atoms with Gasteiger partial charge in [0.05, 0.1) is 12.7 Å². The number of carbonyl (C=O) groups is 2. The molecule has 0 bridgehead atoms. The van der Waals surface area contributed by atoms with Crippen LogP contribution < -0.4 is 4.74 Å². The molecule has 0 aromatic heterocycles. The molecule has 4 heteroatoms. The average Bonchev–Trinajstić information content (AvgIpc) is 2.44. The van der Waals surface area contributed by atoms with Crippen LogP contribution in [0.2, 0.25) is 0 Å². The first-order valence-electron chi connectivity index (χ1n) is 7.04. The lowest BCUT2D eigenvalue weighted by molar-refractivity contribution is -0.129. The Kier molecular flexibility index (Phi) is 6.57. The van der Waals surface area contributed by atoms with Crippen molar-refractivity contribution in [3.05, 3.63) is 52.6 Å². The fourth-order valence-electron chi connectivity index (χ4n) is 1.77. The number of ether oxygens (including phenoxy) is 2. The Hall–Kier alpha value is -2.36. The van der Waals surface area contributed by atoms with Gasteiger partial charge < -0.3 is 9.47 Å². The van der Waals surface area contributed by atoms with Crippen LogP contribution in [0.4, 0.5) is 0 Å². The monoisotopic (exact) mass is 302 g/mol. The van der Waals surface area contributed by atoms with E-state index in [1.165, 1.54) is 13.2 Å². The van der Waals surface area contributed by atoms with Gasteiger partial charge in [-0.15, -0.1) is 0 Å². The van der Waals surface area contributed by atoms with Gasteiger partial charge in [0.25, 0.3) is 0 Å². The first-order chi connectivity index (χ1) is 10.3. The molecule has 22 heavy (non-hydrogen) atoms. The van der Waals surface area contributed by atoms with E-state index in [2.05, 4.69) is 0 Å². The van der Waals surface area contributed by atoms with Gasteiger partial charge in [0.2, 0.25) is 0 Å². The standard InChI is InChI=1S/C18H22O4/c1-12(2)6-7-14-11-15(18(20)21-5)8-9-16(14)22-17(19)10-13(3)4/h6,8-11H,7H2,1-5H3. The van der Waals surface area contributed by atoms with Crippen molar-refractivity contribution in [2.45, 2.75) is 34.1 Å². The van der Waals surface area contributed by atoms with Gasteiger partial charge in [-0.05, 0) is 57.9 Å². The van der Waals surface area contributed by atoms with E-state index in [4.69, 9.17) is 9.47 Å². The Morgan fingerprint density at radius 3 is 2.32 bits per heavy atom. The third kappa shape index (κ3) is 5.56. The summed E-state index contributed by atoms with van der Waals surface area (Å²) in [7, 11) is 1.33. The van der Waals surface area contributed by atoms with Crippen molar-refractivity contribution < 1.29 is 19.1 Å². The molecule has 0 N–H and O–H groups in total. The van der Waals surface area contributed by atoms with Crippen molar-refractivity contribution in [2.24, 2.45) is 0 Å². The van der Waals surface area contributed by atoms with Crippen molar-refractivity contribution in [2.75, 3.05) is 7.11 Å². The largest absolute Gasteiger partial charge is 0.465 e. The van der Waals surface area contributed by atoms with Crippen LogP contribution in [0.25, 0.3) is 0 Å². The predicted octanol–water partition coefficient (Wildman–Crippen LogP) is 3.85. The second-order valence-corrected chi connectivity index (χ2v) is 5.44. The number of methoxy groups -OCH3 is 1. The Bertz CT molecular complexity index is 616. The molecule has 0 spiro atoms. The van der Waals surface area contributed by atoms with E-state index in [9.17, 15) is 9.59 Å². The van der Waals surface area contributed by atoms with Crippen LogP contribution in [0.1, 0.15) is 43.6 Å². The zero-order valence-corrected chi connectivity index (χ0v) is 13.7. The summed E-state index contributed by atoms with van der Waals surface area (Å²) in [5.41, 5.74) is 3.20. The Morgan fingerprint density at radius 1 is 1.09 bits per heavy atom. The van der Waals surface area contributed by atoms with Crippen molar-refractivity contribution in [1.82, 2.24) is 0 Å². The lowest BCUT2D eigenvalue weighted by Gasteiger charge is -2.10. The van der Waals surface area contributed by atoms with Crippen LogP contribution in [-0.2, 0) is 16.0 Å². The lowest BCUT2D eigenvalue weighted by atomic mass is 10.1. The van der Waals surface area contributed by atoms with Gasteiger partial charge in [0.15, 0.2) is 0 Å². The summed E-state index contributed by atoms with van der Waals surface area (Å²) < 4.78 is 10.1. The molecule has 1 rings (SSSR count). The molecule has 0 atom stereocenters. The minimum absolute atomic E-state index is 0.416. The van der Waals surface area contributed by atoms with E-state index in [1.54, 1.807) is 18.2 Å². The van der Waals surface area contributed by atoms with E-state index in [0.717, 1.165) is 16.7 Å². The molecule has 0 aliphatic carbocycles. The highest BCUT2D eigenvalue weighted by Gasteiger charge is 2.12. The summed E-state index contributed by atoms with van der Waals surface area (Å²) in [4.78, 5) is 23.4. The van der Waals surface area contributed by atoms with Crippen LogP contribution in [0.3, 0.4) is 0 Å². The number of esters is 2. The molecule has 0 fully saturated rings. The highest BCUT2D eigenvalue weighted by atomic mass is 16.5. The summed E-state index contributed by atoms with van der Waals surface area (Å²) in [6, 6.07) is 4.90. The highest BCUT2D eigenvalue weighted by molar-refractivity contribution is 5.90. The van der Waals surface area contributed by atoms with Gasteiger partial charge in [-0.3, -0.25) is 0 Å². The third-order valence-corrected chi connectivity index (χ3v) is 2.83. The lowest BCUT2D eigenvalue weighted by Crippen LogP contribution is -2.08. The average molecular weight is 302 g/mol. The third-order valence-electron chi connectivity index (χ3n) is 2.83. The maximum Gasteiger partial charge on any atom is 0.337 e. The molecular formula is C18H22O4. The summed E-state index contributed by atoms with van der Waals surface area (Å²) in [5.74, 6) is -0.391. The van der Waals surface area contributed by atoms with Crippen LogP contribution in [0.15, 0.2) is 41.5 Å². The van der Waals surface area contributed by atoms with E-state index in [1.807, 2.05) is 33.8 Å². The van der Waals surface area contributed by atoms with Crippen LogP contribution in [0.5, 0.6) is 5.75 Å². The van der Waals surface area contributed by atoms with E-state index < -0.39 is 11.9 Å². The number of rotatable bonds is 5. The number of benzene rings is 1. The maximum atomic E-state index is 11.8. The number of allylic oxidation sites excluding steroid dienone is 3. The summed E-state index contributed by atoms with van der Waals surface area (Å²) >= 11 is 0. The number of hydrogen-bond acceptors (Lipinski definition) is 4. The molecule has 0 saturated carbocycles. The first kappa shape index (κ1) is 17.7. The normalized spacial score (nSPS) is 9.68. The van der Waals surface area contributed by atoms with E-state index >= 15 is 0 Å². The molecule has 118 valence electrons. The summed E-state index contributed by atoms with van der Waals surface area (Å²) in [6.07, 6.45) is 4.01. The maximum absolute atomic E-state index is 11.8. The van der Waals surface area contributed by atoms with E-state index in [-0.39, 0.29) is 0 Å². The topological polar surface area (TPSA) is 52.6 Å². The molecule has 0 heterocycles. The van der Waals surface area contributed by atoms with Gasteiger partial charge in [0, 0.05) is 6.08 Å². The molecule has 1 aromatic carbocycles. The highest BCUT2D eigenvalue weighted by Crippen LogP contribution is 2.22. The molecule has 0 unspecified atom stereocenters. The molecule has 0 aliphatic rings. The number of hydrogen-bond donors (Lipinski definition) is 0. The van der Waals surface area contributed by atoms with Gasteiger partial charge in [-0.1, -0.05) is 17.2 Å². The molecule has 4 nitrogen and oxygen atoms in total. The summed E-state index contributed by atoms with van der Waals surface area (Å²) in [6.45, 7) is 7.62. The molecule has 0 saturated heterocycles. The smallest absolute Gasteiger partial charge is 0.337 e. The second kappa shape index (κ2) is 8.17. The first-order valence-corrected chi connectivity index (χ1v) is 7.04. The van der Waals surface area contributed by atoms with Gasteiger partial charge in [0.1, 0.15) is 5.75 Å². The molecule has 0 radical (unpaired) electrons. The zero-order valence-electron chi connectivity index (χ0n) is 13.7. The number of carbonyl (C=O) groups excluding carboxylic acids is 2. The predicted molar refractivity (Wildman–Crippen MR) is 86.0 cm³/mol. The van der Waals surface area contributed by atoms with Gasteiger partial charge in [-0.25, -0.2) is 9.59 Å². The zero-order chi connectivity index (χ0) is 16.7. The molecule has 0 aliphatic heterocycles. The van der Waals surface area contributed by atoms with Crippen LogP contribution in [-0.4, -0.2) is 19.0 Å². The Morgan fingerprint density at radius 2 is 1.77 bits per heavy atom. The van der Waals surface area contributed by atoms with Crippen molar-refractivity contribution in [1.29, 1.82) is 0 Å². The van der Waals surface area contributed by atoms with Crippen molar-refractivity contribution >= 4 is 11.9 Å². The fourth-order valence-corrected chi connectivity index (χ4v) is 1.77. The molecule has 0 amide bonds. The Balaban J connectivity index is 3.14. The SMILES string of the molecule is COC(=O)c1ccc(OC(=O)C=C(C)C)c(CC=C(C)C)c1. The van der Waals surface area contributed by atoms with Crippen LogP contribution >= 0.6 is 0 Å². The summed E-state index contributed by atoms with van der Waals surface area (Å²) in [5, 5.41) is 0. The van der Waals surface area contributed by atoms with Crippen molar-refractivity contribution in [3.63, 3.8) is 0 Å². The van der Waals surface area contributed by atoms with Crippen molar-refractivity contribution in [3.8, 4) is 5.75 Å². The van der Waals surface area contributed by atoms with E-state index in [0.29, 0.717) is 17.7 Å². The quantitative estimate of drug-likeness (QED) is 0.359. The molecular weight excluding hydrogens is 280 g/mol. The minimum atomic E-state index is -0.427. The Labute approximate surface area is 131 Å². The van der Waals surface area contributed by atoms with Crippen LogP contribution in [0, 0.1) is 0 Å². The minimum Gasteiger partial charge on any atom is -0.465 e. The second-order valence-electron chi connectivity index (χ2n) is 5.44. The van der Waals surface area contributed by atoms with Gasteiger partial charge in [-0.2, -0.15) is 0 Å².